The normalized spacial score (nSPS) is 28.1. The van der Waals surface area contributed by atoms with Crippen LogP contribution in [0.2, 0.25) is 0 Å². The Labute approximate surface area is 108 Å². The van der Waals surface area contributed by atoms with Gasteiger partial charge in [0.2, 0.25) is 5.88 Å². The number of nitrogens with zero attached hydrogens (tertiary/aromatic N) is 2. The lowest BCUT2D eigenvalue weighted by Crippen LogP contribution is -2.39. The van der Waals surface area contributed by atoms with Crippen molar-refractivity contribution in [1.82, 2.24) is 10.2 Å². The van der Waals surface area contributed by atoms with Gasteiger partial charge in [-0.25, -0.2) is 0 Å². The predicted molar refractivity (Wildman–Crippen MR) is 69.6 cm³/mol. The van der Waals surface area contributed by atoms with E-state index >= 15 is 0 Å². The quantitative estimate of drug-likeness (QED) is 0.895. The second-order valence-corrected chi connectivity index (χ2v) is 5.65. The molecule has 0 aliphatic heterocycles. The van der Waals surface area contributed by atoms with Crippen molar-refractivity contribution in [3.63, 3.8) is 0 Å². The molecule has 0 aromatic carbocycles. The van der Waals surface area contributed by atoms with Crippen molar-refractivity contribution in [2.45, 2.75) is 52.1 Å². The molecule has 18 heavy (non-hydrogen) atoms. The molecule has 1 saturated carbocycles. The van der Waals surface area contributed by atoms with Crippen LogP contribution < -0.4 is 4.74 Å². The van der Waals surface area contributed by atoms with Gasteiger partial charge in [0, 0.05) is 6.07 Å². The second-order valence-electron chi connectivity index (χ2n) is 5.65. The number of hydrogen-bond donors (Lipinski definition) is 1. The van der Waals surface area contributed by atoms with Crippen LogP contribution in [0.15, 0.2) is 6.07 Å². The summed E-state index contributed by atoms with van der Waals surface area (Å²) in [6.45, 7) is 6.45. The minimum absolute atomic E-state index is 0.316. The Morgan fingerprint density at radius 2 is 2.00 bits per heavy atom. The molecule has 0 unspecified atom stereocenters. The lowest BCUT2D eigenvalue weighted by atomic mass is 9.80. The van der Waals surface area contributed by atoms with Gasteiger partial charge in [0.1, 0.15) is 6.61 Å². The van der Waals surface area contributed by atoms with Crippen LogP contribution in [-0.4, -0.2) is 27.5 Å². The van der Waals surface area contributed by atoms with Gasteiger partial charge in [-0.2, -0.15) is 5.10 Å². The highest BCUT2D eigenvalue weighted by Crippen LogP contribution is 2.32. The molecule has 4 heteroatoms. The summed E-state index contributed by atoms with van der Waals surface area (Å²) in [5.74, 6) is 1.22. The summed E-state index contributed by atoms with van der Waals surface area (Å²) in [4.78, 5) is 0. The van der Waals surface area contributed by atoms with Crippen LogP contribution in [0.25, 0.3) is 0 Å². The third-order valence-electron chi connectivity index (χ3n) is 3.90. The Balaban J connectivity index is 1.92. The monoisotopic (exact) mass is 250 g/mol. The topological polar surface area (TPSA) is 55.2 Å². The first-order valence-corrected chi connectivity index (χ1v) is 6.65. The largest absolute Gasteiger partial charge is 0.474 e. The molecule has 1 fully saturated rings. The molecule has 0 atom stereocenters. The maximum absolute atomic E-state index is 10.4. The first-order chi connectivity index (χ1) is 8.48. The van der Waals surface area contributed by atoms with E-state index in [1.165, 1.54) is 0 Å². The Morgan fingerprint density at radius 3 is 2.61 bits per heavy atom. The van der Waals surface area contributed by atoms with Crippen molar-refractivity contribution in [2.24, 2.45) is 5.92 Å². The molecule has 2 rings (SSSR count). The Hall–Kier alpha value is -1.16. The average Bonchev–Trinajstić information content (AvgIpc) is 2.35. The number of aliphatic hydroxyl groups is 1. The van der Waals surface area contributed by atoms with E-state index in [2.05, 4.69) is 17.1 Å². The molecule has 1 aromatic rings. The zero-order chi connectivity index (χ0) is 13.2. The minimum atomic E-state index is -0.688. The van der Waals surface area contributed by atoms with Crippen molar-refractivity contribution < 1.29 is 9.84 Å². The van der Waals surface area contributed by atoms with E-state index in [1.54, 1.807) is 0 Å². The number of aromatic nitrogens is 2. The fourth-order valence-corrected chi connectivity index (χ4v) is 2.24. The van der Waals surface area contributed by atoms with Crippen LogP contribution in [0.5, 0.6) is 5.88 Å². The molecule has 1 N–H and O–H groups in total. The summed E-state index contributed by atoms with van der Waals surface area (Å²) in [5.41, 5.74) is 1.28. The number of aryl methyl sites for hydroxylation is 2. The third-order valence-corrected chi connectivity index (χ3v) is 3.90. The summed E-state index contributed by atoms with van der Waals surface area (Å²) in [6.07, 6.45) is 3.76. The molecule has 0 radical (unpaired) electrons. The summed E-state index contributed by atoms with van der Waals surface area (Å²) in [7, 11) is 0. The highest BCUT2D eigenvalue weighted by Gasteiger charge is 2.32. The van der Waals surface area contributed by atoms with Crippen molar-refractivity contribution in [2.75, 3.05) is 6.61 Å². The average molecular weight is 250 g/mol. The highest BCUT2D eigenvalue weighted by atomic mass is 16.5. The van der Waals surface area contributed by atoms with Gasteiger partial charge in [-0.3, -0.25) is 0 Å². The highest BCUT2D eigenvalue weighted by molar-refractivity contribution is 5.21. The van der Waals surface area contributed by atoms with Crippen molar-refractivity contribution in [3.05, 3.63) is 17.3 Å². The molecule has 0 saturated heterocycles. The van der Waals surface area contributed by atoms with Crippen molar-refractivity contribution in [1.29, 1.82) is 0 Å². The van der Waals surface area contributed by atoms with E-state index in [0.29, 0.717) is 18.4 Å². The van der Waals surface area contributed by atoms with Crippen LogP contribution in [0, 0.1) is 19.8 Å². The molecule has 1 aliphatic rings. The fourth-order valence-electron chi connectivity index (χ4n) is 2.24. The van der Waals surface area contributed by atoms with Crippen molar-refractivity contribution in [3.8, 4) is 5.88 Å². The molecule has 100 valence electrons. The second kappa shape index (κ2) is 5.22. The van der Waals surface area contributed by atoms with E-state index in [0.717, 1.165) is 36.9 Å². The molecule has 1 aromatic heterocycles. The molecule has 1 heterocycles. The lowest BCUT2D eigenvalue weighted by Gasteiger charge is -2.34. The predicted octanol–water partition coefficient (Wildman–Crippen LogP) is 2.41. The summed E-state index contributed by atoms with van der Waals surface area (Å²) in [5, 5.41) is 18.4. The SMILES string of the molecule is Cc1cc(OCC2(O)CCC(C)CC2)nnc1C. The number of rotatable bonds is 3. The lowest BCUT2D eigenvalue weighted by molar-refractivity contribution is -0.0437. The molecular formula is C14H22N2O2. The Kier molecular flexibility index (Phi) is 3.85. The Morgan fingerprint density at radius 1 is 1.33 bits per heavy atom. The Bertz CT molecular complexity index is 412. The van der Waals surface area contributed by atoms with E-state index in [9.17, 15) is 5.11 Å². The van der Waals surface area contributed by atoms with Crippen LogP contribution in [-0.2, 0) is 0 Å². The van der Waals surface area contributed by atoms with E-state index in [-0.39, 0.29) is 0 Å². The smallest absolute Gasteiger partial charge is 0.233 e. The standard InChI is InChI=1S/C14H22N2O2/c1-10-4-6-14(17,7-5-10)9-18-13-8-11(2)12(3)15-16-13/h8,10,17H,4-7,9H2,1-3H3. The molecule has 1 aliphatic carbocycles. The molecule has 4 nitrogen and oxygen atoms in total. The van der Waals surface area contributed by atoms with Crippen LogP contribution >= 0.6 is 0 Å². The molecule has 0 amide bonds. The van der Waals surface area contributed by atoms with Crippen LogP contribution in [0.1, 0.15) is 43.9 Å². The summed E-state index contributed by atoms with van der Waals surface area (Å²) >= 11 is 0. The van der Waals surface area contributed by atoms with E-state index < -0.39 is 5.60 Å². The van der Waals surface area contributed by atoms with E-state index in [1.807, 2.05) is 19.9 Å². The van der Waals surface area contributed by atoms with Gasteiger partial charge in [0.15, 0.2) is 0 Å². The fraction of sp³-hybridized carbons (Fsp3) is 0.714. The van der Waals surface area contributed by atoms with Crippen molar-refractivity contribution >= 4 is 0 Å². The van der Waals surface area contributed by atoms with Gasteiger partial charge in [-0.15, -0.1) is 5.10 Å². The van der Waals surface area contributed by atoms with E-state index in [4.69, 9.17) is 4.74 Å². The number of hydrogen-bond acceptors (Lipinski definition) is 4. The molecule has 0 spiro atoms. The zero-order valence-corrected chi connectivity index (χ0v) is 11.4. The maximum Gasteiger partial charge on any atom is 0.233 e. The van der Waals surface area contributed by atoms with Gasteiger partial charge in [-0.05, 0) is 51.0 Å². The van der Waals surface area contributed by atoms with Crippen LogP contribution in [0.4, 0.5) is 0 Å². The maximum atomic E-state index is 10.4. The molecular weight excluding hydrogens is 228 g/mol. The number of ether oxygens (including phenoxy) is 1. The third kappa shape index (κ3) is 3.19. The summed E-state index contributed by atoms with van der Waals surface area (Å²) in [6, 6.07) is 1.87. The first kappa shape index (κ1) is 13.3. The van der Waals surface area contributed by atoms with Gasteiger partial charge in [0.05, 0.1) is 11.3 Å². The summed E-state index contributed by atoms with van der Waals surface area (Å²) < 4.78 is 5.60. The van der Waals surface area contributed by atoms with Crippen LogP contribution in [0.3, 0.4) is 0 Å². The van der Waals surface area contributed by atoms with Gasteiger partial charge in [0.25, 0.3) is 0 Å². The van der Waals surface area contributed by atoms with Gasteiger partial charge in [-0.1, -0.05) is 6.92 Å². The zero-order valence-electron chi connectivity index (χ0n) is 11.4. The van der Waals surface area contributed by atoms with Gasteiger partial charge < -0.3 is 9.84 Å². The minimum Gasteiger partial charge on any atom is -0.474 e. The van der Waals surface area contributed by atoms with Gasteiger partial charge >= 0.3 is 0 Å². The first-order valence-electron chi connectivity index (χ1n) is 6.65. The molecule has 0 bridgehead atoms.